The summed E-state index contributed by atoms with van der Waals surface area (Å²) < 4.78 is 1.97. The molecule has 1 aliphatic rings. The van der Waals surface area contributed by atoms with E-state index in [1.54, 1.807) is 6.20 Å². The Morgan fingerprint density at radius 1 is 1.45 bits per heavy atom. The molecule has 0 aliphatic carbocycles. The highest BCUT2D eigenvalue weighted by Crippen LogP contribution is 2.05. The topological polar surface area (TPSA) is 70.5 Å². The molecular weight excluding hydrogens is 254 g/mol. The summed E-state index contributed by atoms with van der Waals surface area (Å²) in [4.78, 5) is 16.0. The maximum absolute atomic E-state index is 11.8. The SMILES string of the molecule is O=C(NCc1cnc2ccccn12)NC[C@@H]1CCCN1. The summed E-state index contributed by atoms with van der Waals surface area (Å²) >= 11 is 0. The minimum absolute atomic E-state index is 0.135. The fourth-order valence-electron chi connectivity index (χ4n) is 2.50. The van der Waals surface area contributed by atoms with E-state index < -0.39 is 0 Å². The molecule has 6 nitrogen and oxygen atoms in total. The number of imidazole rings is 1. The van der Waals surface area contributed by atoms with Crippen LogP contribution in [0.25, 0.3) is 5.65 Å². The number of hydrogen-bond donors (Lipinski definition) is 3. The molecule has 1 saturated heterocycles. The van der Waals surface area contributed by atoms with Crippen molar-refractivity contribution in [3.63, 3.8) is 0 Å². The number of hydrogen-bond acceptors (Lipinski definition) is 3. The molecule has 0 spiro atoms. The van der Waals surface area contributed by atoms with Crippen molar-refractivity contribution in [2.75, 3.05) is 13.1 Å². The van der Waals surface area contributed by atoms with Crippen LogP contribution in [0.2, 0.25) is 0 Å². The molecule has 0 radical (unpaired) electrons. The molecule has 2 aromatic rings. The maximum Gasteiger partial charge on any atom is 0.315 e. The summed E-state index contributed by atoms with van der Waals surface area (Å²) in [5.74, 6) is 0. The average Bonchev–Trinajstić information content (AvgIpc) is 3.12. The predicted molar refractivity (Wildman–Crippen MR) is 76.5 cm³/mol. The number of carbonyl (C=O) groups excluding carboxylic acids is 1. The second-order valence-electron chi connectivity index (χ2n) is 5.04. The molecule has 20 heavy (non-hydrogen) atoms. The summed E-state index contributed by atoms with van der Waals surface area (Å²) in [6, 6.07) is 6.11. The molecule has 1 fully saturated rings. The third-order valence-electron chi connectivity index (χ3n) is 3.60. The monoisotopic (exact) mass is 273 g/mol. The van der Waals surface area contributed by atoms with Gasteiger partial charge >= 0.3 is 6.03 Å². The molecule has 0 aromatic carbocycles. The molecule has 3 heterocycles. The normalized spacial score (nSPS) is 18.3. The lowest BCUT2D eigenvalue weighted by atomic mass is 10.2. The second kappa shape index (κ2) is 5.92. The molecular formula is C14H19N5O. The van der Waals surface area contributed by atoms with Gasteiger partial charge in [0.05, 0.1) is 18.4 Å². The lowest BCUT2D eigenvalue weighted by Gasteiger charge is -2.12. The van der Waals surface area contributed by atoms with Crippen molar-refractivity contribution in [1.29, 1.82) is 0 Å². The summed E-state index contributed by atoms with van der Waals surface area (Å²) in [6.45, 7) is 2.20. The Hall–Kier alpha value is -2.08. The predicted octanol–water partition coefficient (Wildman–Crippen LogP) is 0.885. The van der Waals surface area contributed by atoms with Crippen LogP contribution in [-0.4, -0.2) is 34.5 Å². The number of pyridine rings is 1. The van der Waals surface area contributed by atoms with Crippen molar-refractivity contribution in [1.82, 2.24) is 25.3 Å². The molecule has 2 amide bonds. The van der Waals surface area contributed by atoms with Gasteiger partial charge in [0.25, 0.3) is 0 Å². The number of amides is 2. The van der Waals surface area contributed by atoms with Crippen LogP contribution in [0.5, 0.6) is 0 Å². The highest BCUT2D eigenvalue weighted by atomic mass is 16.2. The van der Waals surface area contributed by atoms with Crippen LogP contribution in [-0.2, 0) is 6.54 Å². The van der Waals surface area contributed by atoms with Gasteiger partial charge < -0.3 is 20.4 Å². The number of nitrogens with one attached hydrogen (secondary N) is 3. The van der Waals surface area contributed by atoms with E-state index in [4.69, 9.17) is 0 Å². The minimum atomic E-state index is -0.135. The number of fused-ring (bicyclic) bond motifs is 1. The molecule has 6 heteroatoms. The van der Waals surface area contributed by atoms with Gasteiger partial charge in [-0.25, -0.2) is 9.78 Å². The number of nitrogens with zero attached hydrogens (tertiary/aromatic N) is 2. The summed E-state index contributed by atoms with van der Waals surface area (Å²) in [5, 5.41) is 9.10. The van der Waals surface area contributed by atoms with Crippen molar-refractivity contribution >= 4 is 11.7 Å². The molecule has 106 valence electrons. The molecule has 0 bridgehead atoms. The Balaban J connectivity index is 1.49. The van der Waals surface area contributed by atoms with E-state index in [0.717, 1.165) is 24.3 Å². The van der Waals surface area contributed by atoms with Crippen LogP contribution in [0.15, 0.2) is 30.6 Å². The zero-order chi connectivity index (χ0) is 13.8. The van der Waals surface area contributed by atoms with E-state index in [1.807, 2.05) is 28.8 Å². The summed E-state index contributed by atoms with van der Waals surface area (Å²) in [7, 11) is 0. The van der Waals surface area contributed by atoms with Gasteiger partial charge in [-0.1, -0.05) is 6.07 Å². The second-order valence-corrected chi connectivity index (χ2v) is 5.04. The van der Waals surface area contributed by atoms with Crippen LogP contribution in [0.3, 0.4) is 0 Å². The van der Waals surface area contributed by atoms with E-state index >= 15 is 0 Å². The third kappa shape index (κ3) is 2.91. The van der Waals surface area contributed by atoms with Crippen molar-refractivity contribution in [3.8, 4) is 0 Å². The van der Waals surface area contributed by atoms with E-state index in [9.17, 15) is 4.79 Å². The van der Waals surface area contributed by atoms with Gasteiger partial charge in [-0.2, -0.15) is 0 Å². The lowest BCUT2D eigenvalue weighted by Crippen LogP contribution is -2.42. The van der Waals surface area contributed by atoms with E-state index in [0.29, 0.717) is 19.1 Å². The fraction of sp³-hybridized carbons (Fsp3) is 0.429. The van der Waals surface area contributed by atoms with E-state index in [-0.39, 0.29) is 6.03 Å². The van der Waals surface area contributed by atoms with E-state index in [1.165, 1.54) is 6.42 Å². The van der Waals surface area contributed by atoms with Gasteiger partial charge in [-0.3, -0.25) is 0 Å². The first-order valence-corrected chi connectivity index (χ1v) is 6.99. The Bertz CT molecular complexity index is 588. The lowest BCUT2D eigenvalue weighted by molar-refractivity contribution is 0.239. The molecule has 0 unspecified atom stereocenters. The van der Waals surface area contributed by atoms with Crippen LogP contribution >= 0.6 is 0 Å². The number of urea groups is 1. The van der Waals surface area contributed by atoms with Crippen LogP contribution in [0, 0.1) is 0 Å². The van der Waals surface area contributed by atoms with Gasteiger partial charge in [-0.05, 0) is 31.5 Å². The number of aromatic nitrogens is 2. The Morgan fingerprint density at radius 2 is 2.40 bits per heavy atom. The van der Waals surface area contributed by atoms with Crippen LogP contribution < -0.4 is 16.0 Å². The van der Waals surface area contributed by atoms with Gasteiger partial charge in [-0.15, -0.1) is 0 Å². The van der Waals surface area contributed by atoms with Gasteiger partial charge in [0.2, 0.25) is 0 Å². The zero-order valence-corrected chi connectivity index (χ0v) is 11.3. The molecule has 0 saturated carbocycles. The molecule has 1 aliphatic heterocycles. The standard InChI is InChI=1S/C14H19N5O/c20-14(17-8-11-4-3-6-15-11)18-10-12-9-16-13-5-1-2-7-19(12)13/h1-2,5,7,9,11,15H,3-4,6,8,10H2,(H2,17,18,20)/t11-/m0/s1. The van der Waals surface area contributed by atoms with Crippen molar-refractivity contribution in [2.45, 2.75) is 25.4 Å². The zero-order valence-electron chi connectivity index (χ0n) is 11.3. The first-order chi connectivity index (χ1) is 9.83. The molecule has 3 N–H and O–H groups in total. The highest BCUT2D eigenvalue weighted by molar-refractivity contribution is 5.73. The van der Waals surface area contributed by atoms with E-state index in [2.05, 4.69) is 20.9 Å². The largest absolute Gasteiger partial charge is 0.337 e. The summed E-state index contributed by atoms with van der Waals surface area (Å²) in [6.07, 6.45) is 6.05. The van der Waals surface area contributed by atoms with Crippen molar-refractivity contribution < 1.29 is 4.79 Å². The molecule has 1 atom stereocenters. The Kier molecular flexibility index (Phi) is 3.83. The minimum Gasteiger partial charge on any atom is -0.337 e. The first kappa shape index (κ1) is 12.9. The van der Waals surface area contributed by atoms with Crippen LogP contribution in [0.4, 0.5) is 4.79 Å². The van der Waals surface area contributed by atoms with Crippen molar-refractivity contribution in [3.05, 3.63) is 36.3 Å². The highest BCUT2D eigenvalue weighted by Gasteiger charge is 2.14. The average molecular weight is 273 g/mol. The number of carbonyl (C=O) groups is 1. The van der Waals surface area contributed by atoms with Gasteiger partial charge in [0.15, 0.2) is 0 Å². The molecule has 2 aromatic heterocycles. The first-order valence-electron chi connectivity index (χ1n) is 6.99. The fourth-order valence-corrected chi connectivity index (χ4v) is 2.50. The smallest absolute Gasteiger partial charge is 0.315 e. The Morgan fingerprint density at radius 3 is 3.25 bits per heavy atom. The van der Waals surface area contributed by atoms with Crippen molar-refractivity contribution in [2.24, 2.45) is 0 Å². The maximum atomic E-state index is 11.8. The summed E-state index contributed by atoms with van der Waals surface area (Å²) in [5.41, 5.74) is 1.86. The van der Waals surface area contributed by atoms with Gasteiger partial charge in [0.1, 0.15) is 5.65 Å². The third-order valence-corrected chi connectivity index (χ3v) is 3.60. The Labute approximate surface area is 117 Å². The molecule has 3 rings (SSSR count). The number of rotatable bonds is 4. The van der Waals surface area contributed by atoms with Gasteiger partial charge in [0, 0.05) is 18.8 Å². The van der Waals surface area contributed by atoms with Crippen LogP contribution in [0.1, 0.15) is 18.5 Å². The quantitative estimate of drug-likeness (QED) is 0.774.